The monoisotopic (exact) mass is 225 g/mol. The van der Waals surface area contributed by atoms with Crippen molar-refractivity contribution in [3.63, 3.8) is 0 Å². The van der Waals surface area contributed by atoms with Gasteiger partial charge in [-0.3, -0.25) is 9.69 Å². The molecular formula is C12H11N5. The molecule has 1 aromatic heterocycles. The van der Waals surface area contributed by atoms with Crippen LogP contribution < -0.4 is 10.0 Å². The Morgan fingerprint density at radius 1 is 1.24 bits per heavy atom. The lowest BCUT2D eigenvalue weighted by atomic mass is 10.3. The van der Waals surface area contributed by atoms with Crippen LogP contribution in [-0.2, 0) is 7.05 Å². The maximum atomic E-state index is 9.02. The third-order valence-electron chi connectivity index (χ3n) is 2.80. The van der Waals surface area contributed by atoms with E-state index in [4.69, 9.17) is 5.26 Å². The number of nitrogens with zero attached hydrogens (tertiary/aromatic N) is 5. The highest BCUT2D eigenvalue weighted by Gasteiger charge is 2.35. The highest BCUT2D eigenvalue weighted by Crippen LogP contribution is 2.33. The Hall–Kier alpha value is -2.48. The van der Waals surface area contributed by atoms with Crippen LogP contribution in [0.2, 0.25) is 0 Å². The van der Waals surface area contributed by atoms with Crippen LogP contribution in [0.15, 0.2) is 36.5 Å². The van der Waals surface area contributed by atoms with Gasteiger partial charge in [-0.2, -0.15) is 10.4 Å². The minimum Gasteiger partial charge on any atom is -0.261 e. The van der Waals surface area contributed by atoms with Crippen LogP contribution in [0.1, 0.15) is 5.56 Å². The predicted molar refractivity (Wildman–Crippen MR) is 64.2 cm³/mol. The summed E-state index contributed by atoms with van der Waals surface area (Å²) in [5, 5.41) is 17.2. The molecule has 1 aromatic carbocycles. The smallest absolute Gasteiger partial charge is 0.165 e. The van der Waals surface area contributed by atoms with E-state index in [1.807, 2.05) is 42.4 Å². The van der Waals surface area contributed by atoms with Gasteiger partial charge in [0.25, 0.3) is 0 Å². The van der Waals surface area contributed by atoms with Crippen molar-refractivity contribution >= 4 is 11.5 Å². The lowest BCUT2D eigenvalue weighted by Crippen LogP contribution is -2.09. The van der Waals surface area contributed by atoms with E-state index < -0.39 is 0 Å². The van der Waals surface area contributed by atoms with E-state index >= 15 is 0 Å². The summed E-state index contributed by atoms with van der Waals surface area (Å²) in [6, 6.07) is 12.2. The minimum absolute atomic E-state index is 0.603. The summed E-state index contributed by atoms with van der Waals surface area (Å²) in [4.78, 5) is 0. The fraction of sp³-hybridized carbons (Fsp3) is 0.167. The molecule has 0 radical (unpaired) electrons. The number of hydrogen-bond acceptors (Lipinski definition) is 4. The van der Waals surface area contributed by atoms with Crippen molar-refractivity contribution in [1.29, 1.82) is 5.26 Å². The molecule has 0 aliphatic carbocycles. The van der Waals surface area contributed by atoms with E-state index in [0.29, 0.717) is 5.56 Å². The second-order valence-electron chi connectivity index (χ2n) is 3.89. The number of rotatable bonds is 2. The summed E-state index contributed by atoms with van der Waals surface area (Å²) in [7, 11) is 1.84. The number of benzene rings is 1. The fourth-order valence-electron chi connectivity index (χ4n) is 1.92. The molecule has 0 saturated carbocycles. The van der Waals surface area contributed by atoms with Crippen molar-refractivity contribution in [2.75, 3.05) is 16.7 Å². The lowest BCUT2D eigenvalue weighted by molar-refractivity contribution is 0.766. The molecule has 0 N–H and O–H groups in total. The highest BCUT2D eigenvalue weighted by molar-refractivity contribution is 5.68. The van der Waals surface area contributed by atoms with Crippen LogP contribution in [0.4, 0.5) is 11.5 Å². The van der Waals surface area contributed by atoms with Crippen molar-refractivity contribution in [3.05, 3.63) is 42.1 Å². The maximum absolute atomic E-state index is 9.02. The average molecular weight is 225 g/mol. The molecule has 0 amide bonds. The molecule has 0 unspecified atom stereocenters. The van der Waals surface area contributed by atoms with Gasteiger partial charge in [0.05, 0.1) is 11.9 Å². The summed E-state index contributed by atoms with van der Waals surface area (Å²) in [5.74, 6) is 0.844. The summed E-state index contributed by atoms with van der Waals surface area (Å²) >= 11 is 0. The van der Waals surface area contributed by atoms with Gasteiger partial charge >= 0.3 is 0 Å². The largest absolute Gasteiger partial charge is 0.261 e. The second kappa shape index (κ2) is 3.52. The average Bonchev–Trinajstić information content (AvgIpc) is 3.07. The lowest BCUT2D eigenvalue weighted by Gasteiger charge is -2.07. The van der Waals surface area contributed by atoms with Crippen LogP contribution in [0.25, 0.3) is 0 Å². The first-order chi connectivity index (χ1) is 8.31. The molecule has 3 rings (SSSR count). The van der Waals surface area contributed by atoms with Gasteiger partial charge in [-0.05, 0) is 12.1 Å². The van der Waals surface area contributed by atoms with Crippen molar-refractivity contribution in [1.82, 2.24) is 9.78 Å². The van der Waals surface area contributed by atoms with Crippen molar-refractivity contribution in [2.24, 2.45) is 7.05 Å². The standard InChI is InChI=1S/C12H11N5/c1-15-12(10(7-13)8-14-15)17-9-16(17)11-5-3-2-4-6-11/h2-6,8H,9H2,1H3. The van der Waals surface area contributed by atoms with Gasteiger partial charge in [0.2, 0.25) is 0 Å². The molecule has 1 fully saturated rings. The molecule has 2 heterocycles. The molecule has 5 nitrogen and oxygen atoms in total. The zero-order valence-corrected chi connectivity index (χ0v) is 9.41. The first-order valence-corrected chi connectivity index (χ1v) is 5.33. The molecular weight excluding hydrogens is 214 g/mol. The van der Waals surface area contributed by atoms with Gasteiger partial charge in [0.15, 0.2) is 5.82 Å². The van der Waals surface area contributed by atoms with Crippen molar-refractivity contribution < 1.29 is 0 Å². The van der Waals surface area contributed by atoms with Crippen LogP contribution in [0.3, 0.4) is 0 Å². The molecule has 0 bridgehead atoms. The number of hydrazine groups is 1. The minimum atomic E-state index is 0.603. The molecule has 0 atom stereocenters. The van der Waals surface area contributed by atoms with Crippen LogP contribution >= 0.6 is 0 Å². The SMILES string of the molecule is Cn1ncc(C#N)c1N1CN1c1ccccc1. The second-order valence-corrected chi connectivity index (χ2v) is 3.89. The summed E-state index contributed by atoms with van der Waals surface area (Å²) < 4.78 is 1.72. The van der Waals surface area contributed by atoms with Crippen LogP contribution in [0, 0.1) is 11.3 Å². The van der Waals surface area contributed by atoms with Gasteiger partial charge in [-0.1, -0.05) is 18.2 Å². The topological polar surface area (TPSA) is 47.6 Å². The molecule has 84 valence electrons. The third kappa shape index (κ3) is 1.51. The maximum Gasteiger partial charge on any atom is 0.165 e. The van der Waals surface area contributed by atoms with Crippen molar-refractivity contribution in [3.8, 4) is 6.07 Å². The number of aromatic nitrogens is 2. The number of para-hydroxylation sites is 1. The van der Waals surface area contributed by atoms with Gasteiger partial charge in [0, 0.05) is 7.05 Å². The summed E-state index contributed by atoms with van der Waals surface area (Å²) in [6.45, 7) is 0.790. The Labute approximate surface area is 99.1 Å². The first-order valence-electron chi connectivity index (χ1n) is 5.33. The Bertz CT molecular complexity index is 581. The Kier molecular flexibility index (Phi) is 2.02. The Balaban J connectivity index is 1.90. The first kappa shape index (κ1) is 9.73. The quantitative estimate of drug-likeness (QED) is 0.726. The van der Waals surface area contributed by atoms with Gasteiger partial charge in [0.1, 0.15) is 18.3 Å². The van der Waals surface area contributed by atoms with E-state index in [2.05, 4.69) is 16.2 Å². The highest BCUT2D eigenvalue weighted by atomic mass is 15.8. The molecule has 0 spiro atoms. The zero-order valence-electron chi connectivity index (χ0n) is 9.41. The Morgan fingerprint density at radius 2 is 2.00 bits per heavy atom. The summed E-state index contributed by atoms with van der Waals surface area (Å²) in [6.07, 6.45) is 1.59. The predicted octanol–water partition coefficient (Wildman–Crippen LogP) is 1.49. The normalized spacial score (nSPS) is 13.6. The zero-order chi connectivity index (χ0) is 11.8. The van der Waals surface area contributed by atoms with Gasteiger partial charge in [-0.15, -0.1) is 0 Å². The molecule has 5 heteroatoms. The Morgan fingerprint density at radius 3 is 2.71 bits per heavy atom. The molecule has 1 aliphatic rings. The van der Waals surface area contributed by atoms with E-state index in [-0.39, 0.29) is 0 Å². The van der Waals surface area contributed by atoms with Crippen LogP contribution in [-0.4, -0.2) is 16.4 Å². The van der Waals surface area contributed by atoms with E-state index in [0.717, 1.165) is 18.2 Å². The van der Waals surface area contributed by atoms with Gasteiger partial charge in [-0.25, -0.2) is 5.01 Å². The number of aryl methyl sites for hydroxylation is 1. The molecule has 2 aromatic rings. The van der Waals surface area contributed by atoms with Gasteiger partial charge < -0.3 is 0 Å². The number of anilines is 2. The molecule has 17 heavy (non-hydrogen) atoms. The molecule has 1 saturated heterocycles. The van der Waals surface area contributed by atoms with E-state index in [1.54, 1.807) is 10.9 Å². The molecule has 1 aliphatic heterocycles. The third-order valence-corrected chi connectivity index (χ3v) is 2.80. The van der Waals surface area contributed by atoms with Crippen LogP contribution in [0.5, 0.6) is 0 Å². The van der Waals surface area contributed by atoms with Crippen molar-refractivity contribution in [2.45, 2.75) is 0 Å². The van der Waals surface area contributed by atoms with E-state index in [9.17, 15) is 0 Å². The number of nitriles is 1. The fourth-order valence-corrected chi connectivity index (χ4v) is 1.92. The summed E-state index contributed by atoms with van der Waals surface area (Å²) in [5.41, 5.74) is 1.73. The van der Waals surface area contributed by atoms with E-state index in [1.165, 1.54) is 0 Å². The number of hydrogen-bond donors (Lipinski definition) is 0.